The number of rotatable bonds is 1. The van der Waals surface area contributed by atoms with Crippen molar-refractivity contribution in [2.75, 3.05) is 6.61 Å². The Hall–Kier alpha value is -0.0800. The van der Waals surface area contributed by atoms with Gasteiger partial charge < -0.3 is 10.5 Å². The lowest BCUT2D eigenvalue weighted by molar-refractivity contribution is -0.0419. The van der Waals surface area contributed by atoms with E-state index in [4.69, 9.17) is 10.5 Å². The van der Waals surface area contributed by atoms with E-state index >= 15 is 0 Å². The summed E-state index contributed by atoms with van der Waals surface area (Å²) in [5.41, 5.74) is 6.01. The zero-order valence-corrected chi connectivity index (χ0v) is 8.82. The second kappa shape index (κ2) is 3.49. The summed E-state index contributed by atoms with van der Waals surface area (Å²) in [7, 11) is 0. The molecule has 0 spiro atoms. The highest BCUT2D eigenvalue weighted by molar-refractivity contribution is 4.95. The first-order valence-electron chi connectivity index (χ1n) is 6.20. The van der Waals surface area contributed by atoms with E-state index in [1.54, 1.807) is 0 Å². The summed E-state index contributed by atoms with van der Waals surface area (Å²) < 4.78 is 5.90. The van der Waals surface area contributed by atoms with Gasteiger partial charge in [-0.05, 0) is 49.9 Å². The van der Waals surface area contributed by atoms with Gasteiger partial charge in [0.1, 0.15) is 0 Å². The number of hydrogen-bond donors (Lipinski definition) is 1. The Kier molecular flexibility index (Phi) is 2.29. The van der Waals surface area contributed by atoms with E-state index in [2.05, 4.69) is 0 Å². The van der Waals surface area contributed by atoms with Gasteiger partial charge in [-0.3, -0.25) is 0 Å². The predicted octanol–water partition coefficient (Wildman–Crippen LogP) is 1.93. The number of nitrogens with two attached hydrogens (primary N) is 1. The van der Waals surface area contributed by atoms with E-state index < -0.39 is 0 Å². The van der Waals surface area contributed by atoms with Crippen LogP contribution in [0.5, 0.6) is 0 Å². The van der Waals surface area contributed by atoms with Gasteiger partial charge in [-0.25, -0.2) is 0 Å². The molecule has 0 aromatic carbocycles. The van der Waals surface area contributed by atoms with Gasteiger partial charge >= 0.3 is 0 Å². The maximum absolute atomic E-state index is 6.01. The van der Waals surface area contributed by atoms with Crippen LogP contribution in [-0.2, 0) is 4.74 Å². The van der Waals surface area contributed by atoms with E-state index in [1.807, 2.05) is 0 Å². The molecule has 0 aromatic rings. The third-order valence-corrected chi connectivity index (χ3v) is 4.63. The predicted molar refractivity (Wildman–Crippen MR) is 55.9 cm³/mol. The summed E-state index contributed by atoms with van der Waals surface area (Å²) >= 11 is 0. The van der Waals surface area contributed by atoms with Crippen LogP contribution in [-0.4, -0.2) is 18.8 Å². The minimum atomic E-state index is 0.410. The Balaban J connectivity index is 1.65. The summed E-state index contributed by atoms with van der Waals surface area (Å²) in [6, 6.07) is 0.410. The van der Waals surface area contributed by atoms with Crippen molar-refractivity contribution >= 4 is 0 Å². The number of fused-ring (bicyclic) bond motifs is 2. The van der Waals surface area contributed by atoms with Crippen molar-refractivity contribution in [1.82, 2.24) is 0 Å². The Labute approximate surface area is 86.2 Å². The molecule has 0 radical (unpaired) electrons. The largest absolute Gasteiger partial charge is 0.378 e. The van der Waals surface area contributed by atoms with E-state index in [1.165, 1.54) is 25.7 Å². The highest BCUT2D eigenvalue weighted by Crippen LogP contribution is 2.51. The summed E-state index contributed by atoms with van der Waals surface area (Å²) in [6.07, 6.45) is 8.56. The monoisotopic (exact) mass is 195 g/mol. The van der Waals surface area contributed by atoms with E-state index in [0.29, 0.717) is 12.1 Å². The van der Waals surface area contributed by atoms with Crippen LogP contribution in [0, 0.1) is 17.8 Å². The Bertz CT molecular complexity index is 218. The molecule has 2 saturated carbocycles. The van der Waals surface area contributed by atoms with Gasteiger partial charge in [0, 0.05) is 12.6 Å². The molecule has 1 saturated heterocycles. The number of ether oxygens (including phenoxy) is 1. The van der Waals surface area contributed by atoms with E-state index in [0.717, 1.165) is 37.2 Å². The Morgan fingerprint density at radius 2 is 1.93 bits per heavy atom. The Morgan fingerprint density at radius 1 is 1.00 bits per heavy atom. The molecule has 2 heteroatoms. The van der Waals surface area contributed by atoms with Crippen molar-refractivity contribution in [3.8, 4) is 0 Å². The molecule has 3 rings (SSSR count). The molecule has 2 bridgehead atoms. The van der Waals surface area contributed by atoms with Gasteiger partial charge in [0.2, 0.25) is 0 Å². The fourth-order valence-corrected chi connectivity index (χ4v) is 3.90. The normalized spacial score (nSPS) is 52.5. The summed E-state index contributed by atoms with van der Waals surface area (Å²) in [5, 5.41) is 0. The SMILES string of the molecule is NC1CCOC(C2CC3CCC2C3)C1. The van der Waals surface area contributed by atoms with Crippen LogP contribution in [0.15, 0.2) is 0 Å². The lowest BCUT2D eigenvalue weighted by Gasteiger charge is -2.35. The topological polar surface area (TPSA) is 35.2 Å². The zero-order chi connectivity index (χ0) is 9.54. The molecule has 0 aromatic heterocycles. The lowest BCUT2D eigenvalue weighted by Crippen LogP contribution is -2.40. The number of hydrogen-bond acceptors (Lipinski definition) is 2. The molecule has 0 amide bonds. The molecule has 5 unspecified atom stereocenters. The van der Waals surface area contributed by atoms with Crippen LogP contribution in [0.25, 0.3) is 0 Å². The van der Waals surface area contributed by atoms with Crippen LogP contribution in [0.3, 0.4) is 0 Å². The molecule has 2 nitrogen and oxygen atoms in total. The lowest BCUT2D eigenvalue weighted by atomic mass is 9.81. The first-order valence-corrected chi connectivity index (χ1v) is 6.20. The molecule has 2 aliphatic carbocycles. The fourth-order valence-electron chi connectivity index (χ4n) is 3.90. The molecule has 14 heavy (non-hydrogen) atoms. The molecule has 5 atom stereocenters. The van der Waals surface area contributed by atoms with E-state index in [9.17, 15) is 0 Å². The van der Waals surface area contributed by atoms with Gasteiger partial charge in [0.25, 0.3) is 0 Å². The maximum atomic E-state index is 6.01. The summed E-state index contributed by atoms with van der Waals surface area (Å²) in [6.45, 7) is 0.902. The molecule has 2 N–H and O–H groups in total. The van der Waals surface area contributed by atoms with Gasteiger partial charge in [0.05, 0.1) is 6.10 Å². The van der Waals surface area contributed by atoms with Crippen molar-refractivity contribution < 1.29 is 4.74 Å². The molecule has 3 aliphatic rings. The van der Waals surface area contributed by atoms with Crippen LogP contribution in [0.2, 0.25) is 0 Å². The smallest absolute Gasteiger partial charge is 0.0620 e. The second-order valence-electron chi connectivity index (χ2n) is 5.53. The standard InChI is InChI=1S/C12H21NO/c13-10-3-4-14-12(7-10)11-6-8-1-2-9(11)5-8/h8-12H,1-7,13H2. The van der Waals surface area contributed by atoms with Gasteiger partial charge in [0.15, 0.2) is 0 Å². The van der Waals surface area contributed by atoms with Crippen molar-refractivity contribution in [2.24, 2.45) is 23.5 Å². The summed E-state index contributed by atoms with van der Waals surface area (Å²) in [4.78, 5) is 0. The van der Waals surface area contributed by atoms with E-state index in [-0.39, 0.29) is 0 Å². The van der Waals surface area contributed by atoms with Crippen molar-refractivity contribution in [3.05, 3.63) is 0 Å². The fraction of sp³-hybridized carbons (Fsp3) is 1.00. The molecule has 3 fully saturated rings. The van der Waals surface area contributed by atoms with Gasteiger partial charge in [-0.1, -0.05) is 6.42 Å². The van der Waals surface area contributed by atoms with Crippen LogP contribution in [0.4, 0.5) is 0 Å². The third kappa shape index (κ3) is 1.49. The first-order chi connectivity index (χ1) is 6.83. The molecular formula is C12H21NO. The average molecular weight is 195 g/mol. The molecule has 1 aliphatic heterocycles. The molecular weight excluding hydrogens is 174 g/mol. The molecule has 1 heterocycles. The highest BCUT2D eigenvalue weighted by atomic mass is 16.5. The Morgan fingerprint density at radius 3 is 2.57 bits per heavy atom. The van der Waals surface area contributed by atoms with Crippen LogP contribution < -0.4 is 5.73 Å². The van der Waals surface area contributed by atoms with Crippen molar-refractivity contribution in [3.63, 3.8) is 0 Å². The first kappa shape index (κ1) is 9.17. The average Bonchev–Trinajstić information content (AvgIpc) is 2.78. The summed E-state index contributed by atoms with van der Waals surface area (Å²) in [5.74, 6) is 2.88. The second-order valence-corrected chi connectivity index (χ2v) is 5.53. The molecule has 80 valence electrons. The quantitative estimate of drug-likeness (QED) is 0.694. The third-order valence-electron chi connectivity index (χ3n) is 4.63. The van der Waals surface area contributed by atoms with Crippen LogP contribution >= 0.6 is 0 Å². The van der Waals surface area contributed by atoms with Crippen LogP contribution in [0.1, 0.15) is 38.5 Å². The zero-order valence-electron chi connectivity index (χ0n) is 8.82. The van der Waals surface area contributed by atoms with Crippen molar-refractivity contribution in [1.29, 1.82) is 0 Å². The minimum absolute atomic E-state index is 0.410. The maximum Gasteiger partial charge on any atom is 0.0620 e. The van der Waals surface area contributed by atoms with Gasteiger partial charge in [-0.15, -0.1) is 0 Å². The minimum Gasteiger partial charge on any atom is -0.378 e. The van der Waals surface area contributed by atoms with Crippen molar-refractivity contribution in [2.45, 2.75) is 50.7 Å². The van der Waals surface area contributed by atoms with Gasteiger partial charge in [-0.2, -0.15) is 0 Å². The highest BCUT2D eigenvalue weighted by Gasteiger charge is 2.44.